The number of nitrogen functional groups attached to an aromatic ring is 1. The van der Waals surface area contributed by atoms with Gasteiger partial charge in [0.25, 0.3) is 0 Å². The van der Waals surface area contributed by atoms with E-state index >= 15 is 0 Å². The number of nitrogens with one attached hydrogen (secondary N) is 1. The molecule has 0 spiro atoms. The Bertz CT molecular complexity index is 521. The average molecular weight is 245 g/mol. The van der Waals surface area contributed by atoms with Crippen LogP contribution in [-0.2, 0) is 0 Å². The minimum absolute atomic E-state index is 0.655. The minimum Gasteiger partial charge on any atom is -0.497 e. The molecule has 5 nitrogen and oxygen atoms in total. The third kappa shape index (κ3) is 2.82. The largest absolute Gasteiger partial charge is 0.497 e. The lowest BCUT2D eigenvalue weighted by molar-refractivity contribution is 0.395. The average Bonchev–Trinajstić information content (AvgIpc) is 2.38. The van der Waals surface area contributed by atoms with Gasteiger partial charge in [-0.15, -0.1) is 0 Å². The lowest BCUT2D eigenvalue weighted by Gasteiger charge is -2.10. The Kier molecular flexibility index (Phi) is 3.52. The molecule has 1 heterocycles. The lowest BCUT2D eigenvalue weighted by Crippen LogP contribution is -1.96. The molecule has 94 valence electrons. The maximum Gasteiger partial charge on any atom is 0.132 e. The quantitative estimate of drug-likeness (QED) is 0.865. The third-order valence-corrected chi connectivity index (χ3v) is 2.41. The van der Waals surface area contributed by atoms with Gasteiger partial charge in [0.2, 0.25) is 0 Å². The summed E-state index contributed by atoms with van der Waals surface area (Å²) in [5, 5.41) is 3.14. The van der Waals surface area contributed by atoms with E-state index in [4.69, 9.17) is 15.2 Å². The Morgan fingerprint density at radius 3 is 2.28 bits per heavy atom. The van der Waals surface area contributed by atoms with E-state index in [1.54, 1.807) is 38.6 Å². The monoisotopic (exact) mass is 245 g/mol. The highest BCUT2D eigenvalue weighted by Gasteiger charge is 2.03. The summed E-state index contributed by atoms with van der Waals surface area (Å²) in [5.41, 5.74) is 7.17. The van der Waals surface area contributed by atoms with Crippen LogP contribution in [0.15, 0.2) is 36.5 Å². The minimum atomic E-state index is 0.655. The first kappa shape index (κ1) is 12.0. The molecule has 0 saturated carbocycles. The van der Waals surface area contributed by atoms with E-state index in [0.717, 1.165) is 5.69 Å². The van der Waals surface area contributed by atoms with Crippen molar-refractivity contribution in [2.24, 2.45) is 0 Å². The molecule has 18 heavy (non-hydrogen) atoms. The summed E-state index contributed by atoms with van der Waals surface area (Å²) in [4.78, 5) is 4.17. The van der Waals surface area contributed by atoms with Crippen molar-refractivity contribution < 1.29 is 9.47 Å². The molecule has 3 N–H and O–H groups in total. The molecule has 0 unspecified atom stereocenters. The molecule has 1 aromatic carbocycles. The summed E-state index contributed by atoms with van der Waals surface area (Å²) in [7, 11) is 3.22. The molecule has 0 aliphatic carbocycles. The molecular formula is C13H15N3O2. The highest BCUT2D eigenvalue weighted by molar-refractivity contribution is 5.63. The molecule has 0 aliphatic heterocycles. The van der Waals surface area contributed by atoms with Crippen LogP contribution in [0.1, 0.15) is 0 Å². The SMILES string of the molecule is COc1cc(Nc2cc(N)ccn2)cc(OC)c1. The van der Waals surface area contributed by atoms with Gasteiger partial charge in [-0.25, -0.2) is 4.98 Å². The fourth-order valence-electron chi connectivity index (χ4n) is 1.54. The predicted octanol–water partition coefficient (Wildman–Crippen LogP) is 2.42. The van der Waals surface area contributed by atoms with Crippen LogP contribution in [0.4, 0.5) is 17.2 Å². The first-order chi connectivity index (χ1) is 8.71. The van der Waals surface area contributed by atoms with Crippen molar-refractivity contribution in [3.8, 4) is 11.5 Å². The maximum atomic E-state index is 5.70. The number of benzene rings is 1. The molecule has 2 aromatic rings. The summed E-state index contributed by atoms with van der Waals surface area (Å²) in [5.74, 6) is 2.09. The summed E-state index contributed by atoms with van der Waals surface area (Å²) < 4.78 is 10.4. The fourth-order valence-corrected chi connectivity index (χ4v) is 1.54. The second kappa shape index (κ2) is 5.27. The van der Waals surface area contributed by atoms with Crippen LogP contribution in [0.5, 0.6) is 11.5 Å². The Hall–Kier alpha value is -2.43. The Labute approximate surface area is 106 Å². The summed E-state index contributed by atoms with van der Waals surface area (Å²) in [6.45, 7) is 0. The number of nitrogens with two attached hydrogens (primary N) is 1. The predicted molar refractivity (Wildman–Crippen MR) is 71.5 cm³/mol. The molecule has 0 radical (unpaired) electrons. The second-order valence-corrected chi connectivity index (χ2v) is 3.70. The van der Waals surface area contributed by atoms with Crippen molar-refractivity contribution >= 4 is 17.2 Å². The summed E-state index contributed by atoms with van der Waals surface area (Å²) >= 11 is 0. The standard InChI is InChI=1S/C13H15N3O2/c1-17-11-6-10(7-12(8-11)18-2)16-13-5-9(14)3-4-15-13/h3-8H,1-2H3,(H3,14,15,16). The van der Waals surface area contributed by atoms with Crippen LogP contribution in [-0.4, -0.2) is 19.2 Å². The highest BCUT2D eigenvalue weighted by Crippen LogP contribution is 2.27. The molecule has 0 atom stereocenters. The zero-order chi connectivity index (χ0) is 13.0. The number of nitrogens with zero attached hydrogens (tertiary/aromatic N) is 1. The van der Waals surface area contributed by atoms with Crippen LogP contribution in [0.2, 0.25) is 0 Å². The van der Waals surface area contributed by atoms with Crippen LogP contribution in [0.25, 0.3) is 0 Å². The fraction of sp³-hybridized carbons (Fsp3) is 0.154. The van der Waals surface area contributed by atoms with Gasteiger partial charge in [0.05, 0.1) is 14.2 Å². The number of pyridine rings is 1. The second-order valence-electron chi connectivity index (χ2n) is 3.70. The van der Waals surface area contributed by atoms with Crippen LogP contribution >= 0.6 is 0 Å². The van der Waals surface area contributed by atoms with E-state index in [1.807, 2.05) is 12.1 Å². The van der Waals surface area contributed by atoms with Gasteiger partial charge in [-0.3, -0.25) is 0 Å². The lowest BCUT2D eigenvalue weighted by atomic mass is 10.2. The van der Waals surface area contributed by atoms with Gasteiger partial charge in [0.15, 0.2) is 0 Å². The van der Waals surface area contributed by atoms with Gasteiger partial charge >= 0.3 is 0 Å². The van der Waals surface area contributed by atoms with Crippen molar-refractivity contribution in [2.45, 2.75) is 0 Å². The van der Waals surface area contributed by atoms with Crippen molar-refractivity contribution in [3.05, 3.63) is 36.5 Å². The normalized spacial score (nSPS) is 9.89. The van der Waals surface area contributed by atoms with Crippen molar-refractivity contribution in [1.82, 2.24) is 4.98 Å². The summed E-state index contributed by atoms with van der Waals surface area (Å²) in [6, 6.07) is 9.00. The van der Waals surface area contributed by atoms with E-state index < -0.39 is 0 Å². The number of aromatic nitrogens is 1. The van der Waals surface area contributed by atoms with Crippen molar-refractivity contribution in [2.75, 3.05) is 25.3 Å². The Balaban J connectivity index is 2.28. The first-order valence-corrected chi connectivity index (χ1v) is 5.43. The molecule has 1 aromatic heterocycles. The first-order valence-electron chi connectivity index (χ1n) is 5.43. The zero-order valence-electron chi connectivity index (χ0n) is 10.3. The molecule has 0 bridgehead atoms. The Morgan fingerprint density at radius 2 is 1.72 bits per heavy atom. The van der Waals surface area contributed by atoms with E-state index in [-0.39, 0.29) is 0 Å². The molecule has 2 rings (SSSR count). The van der Waals surface area contributed by atoms with E-state index in [9.17, 15) is 0 Å². The van der Waals surface area contributed by atoms with Crippen LogP contribution in [0, 0.1) is 0 Å². The van der Waals surface area contributed by atoms with Gasteiger partial charge in [0, 0.05) is 41.8 Å². The molecule has 0 aliphatic rings. The van der Waals surface area contributed by atoms with Crippen molar-refractivity contribution in [1.29, 1.82) is 0 Å². The Morgan fingerprint density at radius 1 is 1.06 bits per heavy atom. The van der Waals surface area contributed by atoms with E-state index in [0.29, 0.717) is 23.0 Å². The third-order valence-electron chi connectivity index (χ3n) is 2.41. The highest BCUT2D eigenvalue weighted by atomic mass is 16.5. The van der Waals surface area contributed by atoms with Gasteiger partial charge in [0.1, 0.15) is 17.3 Å². The van der Waals surface area contributed by atoms with Crippen LogP contribution < -0.4 is 20.5 Å². The van der Waals surface area contributed by atoms with Gasteiger partial charge < -0.3 is 20.5 Å². The van der Waals surface area contributed by atoms with E-state index in [1.165, 1.54) is 0 Å². The van der Waals surface area contributed by atoms with Gasteiger partial charge in [-0.2, -0.15) is 0 Å². The number of methoxy groups -OCH3 is 2. The molecule has 0 amide bonds. The van der Waals surface area contributed by atoms with Crippen LogP contribution in [0.3, 0.4) is 0 Å². The molecule has 0 fully saturated rings. The van der Waals surface area contributed by atoms with Gasteiger partial charge in [-0.05, 0) is 6.07 Å². The van der Waals surface area contributed by atoms with Gasteiger partial charge in [-0.1, -0.05) is 0 Å². The number of hydrogen-bond donors (Lipinski definition) is 2. The van der Waals surface area contributed by atoms with Crippen molar-refractivity contribution in [3.63, 3.8) is 0 Å². The molecular weight excluding hydrogens is 230 g/mol. The zero-order valence-corrected chi connectivity index (χ0v) is 10.3. The topological polar surface area (TPSA) is 69.4 Å². The number of ether oxygens (including phenoxy) is 2. The molecule has 5 heteroatoms. The number of anilines is 3. The van der Waals surface area contributed by atoms with E-state index in [2.05, 4.69) is 10.3 Å². The number of rotatable bonds is 4. The number of hydrogen-bond acceptors (Lipinski definition) is 5. The smallest absolute Gasteiger partial charge is 0.132 e. The summed E-state index contributed by atoms with van der Waals surface area (Å²) in [6.07, 6.45) is 1.65. The maximum absolute atomic E-state index is 5.70. The molecule has 0 saturated heterocycles.